The van der Waals surface area contributed by atoms with Crippen molar-refractivity contribution in [1.29, 1.82) is 0 Å². The number of fused-ring (bicyclic) bond motifs is 2. The predicted octanol–water partition coefficient (Wildman–Crippen LogP) is 7.40. The Hall–Kier alpha value is -4.93. The largest absolute Gasteiger partial charge is 0.493 e. The zero-order chi connectivity index (χ0) is 43.1. The minimum Gasteiger partial charge on any atom is -0.493 e. The van der Waals surface area contributed by atoms with Crippen LogP contribution in [0.15, 0.2) is 84.9 Å². The normalized spacial score (nSPS) is 13.7. The molecule has 1 N–H and O–H groups in total. The lowest BCUT2D eigenvalue weighted by atomic mass is 9.98. The molecule has 1 fully saturated rings. The van der Waals surface area contributed by atoms with Crippen molar-refractivity contribution in [3.63, 3.8) is 0 Å². The number of rotatable bonds is 19. The van der Waals surface area contributed by atoms with Crippen molar-refractivity contribution >= 4 is 59.5 Å². The highest BCUT2D eigenvalue weighted by atomic mass is 79.9. The molecule has 15 heteroatoms. The number of esters is 1. The van der Waals surface area contributed by atoms with Crippen LogP contribution in [0.3, 0.4) is 0 Å². The summed E-state index contributed by atoms with van der Waals surface area (Å²) in [5.41, 5.74) is 7.19. The summed E-state index contributed by atoms with van der Waals surface area (Å²) >= 11 is 3.73. The summed E-state index contributed by atoms with van der Waals surface area (Å²) in [5.74, 6) is 1.22. The summed E-state index contributed by atoms with van der Waals surface area (Å²) in [6.07, 6.45) is 2.12. The van der Waals surface area contributed by atoms with Crippen LogP contribution in [0.2, 0.25) is 0 Å². The maximum absolute atomic E-state index is 14.0. The first-order chi connectivity index (χ1) is 29.6. The summed E-state index contributed by atoms with van der Waals surface area (Å²) < 4.78 is 50.7. The zero-order valence-corrected chi connectivity index (χ0v) is 38.1. The van der Waals surface area contributed by atoms with Gasteiger partial charge in [0.25, 0.3) is 10.2 Å². The minimum absolute atomic E-state index is 0.256. The lowest BCUT2D eigenvalue weighted by Crippen LogP contribution is -2.51. The molecule has 3 heterocycles. The van der Waals surface area contributed by atoms with Crippen molar-refractivity contribution in [3.8, 4) is 22.6 Å². The van der Waals surface area contributed by atoms with Crippen LogP contribution in [-0.2, 0) is 46.9 Å². The quantitative estimate of drug-likeness (QED) is 0.0504. The number of carbonyl (C=O) groups excluding carboxylic acids is 1. The van der Waals surface area contributed by atoms with Gasteiger partial charge in [-0.05, 0) is 81.1 Å². The number of nitrogens with zero attached hydrogens (tertiary/aromatic N) is 6. The standard InChI is InChI=1S/C46H56BrN7O6S/c1-6-58-46(55)45-38(18-11-30-59-42-19-9-14-33-13-7-8-15-36(33)42)37-16-10-17-39(44(37)54(45)25-12-24-48-2)43-40(31-47)49-51(5)41(43)32-60-35-22-20-34(21-23-35)52-26-28-53(29-27-52)61(56,57)50(3)4/h7-10,13-17,19-23,48H,6,11-12,18,24-32H2,1-5H3. The van der Waals surface area contributed by atoms with E-state index in [1.165, 1.54) is 8.61 Å². The molecule has 0 unspecified atom stereocenters. The summed E-state index contributed by atoms with van der Waals surface area (Å²) in [5, 5.41) is 11.9. The molecule has 324 valence electrons. The Balaban J connectivity index is 1.18. The lowest BCUT2D eigenvalue weighted by molar-refractivity contribution is 0.0512. The topological polar surface area (TPSA) is 123 Å². The molecule has 0 aliphatic carbocycles. The summed E-state index contributed by atoms with van der Waals surface area (Å²) in [4.78, 5) is 16.2. The second-order valence-corrected chi connectivity index (χ2v) is 18.0. The molecule has 1 aliphatic heterocycles. The number of halogens is 1. The number of benzene rings is 4. The van der Waals surface area contributed by atoms with Crippen molar-refractivity contribution in [1.82, 2.24) is 28.3 Å². The molecule has 13 nitrogen and oxygen atoms in total. The molecule has 0 spiro atoms. The molecule has 1 aliphatic rings. The van der Waals surface area contributed by atoms with E-state index in [0.717, 1.165) is 74.2 Å². The predicted molar refractivity (Wildman–Crippen MR) is 246 cm³/mol. The molecule has 1 saturated heterocycles. The first-order valence-corrected chi connectivity index (χ1v) is 23.4. The average molecular weight is 915 g/mol. The molecule has 0 atom stereocenters. The number of para-hydroxylation sites is 1. The van der Waals surface area contributed by atoms with Gasteiger partial charge >= 0.3 is 5.97 Å². The molecule has 7 rings (SSSR count). The van der Waals surface area contributed by atoms with E-state index in [-0.39, 0.29) is 19.2 Å². The lowest BCUT2D eigenvalue weighted by Gasteiger charge is -2.36. The number of ether oxygens (including phenoxy) is 3. The Morgan fingerprint density at radius 2 is 1.62 bits per heavy atom. The van der Waals surface area contributed by atoms with Gasteiger partial charge in [-0.3, -0.25) is 4.68 Å². The number of aryl methyl sites for hydroxylation is 3. The number of alkyl halides is 1. The average Bonchev–Trinajstić information content (AvgIpc) is 3.77. The Kier molecular flexibility index (Phi) is 14.4. The fourth-order valence-corrected chi connectivity index (χ4v) is 9.74. The number of carbonyl (C=O) groups is 1. The van der Waals surface area contributed by atoms with E-state index in [1.807, 2.05) is 74.2 Å². The SMILES string of the molecule is CCOC(=O)c1c(CCCOc2cccc3ccccc23)c2cccc(-c3c(CBr)nn(C)c3COc3ccc(N4CCN(S(=O)(=O)N(C)C)CC4)cc3)c2n1CCCNC. The van der Waals surface area contributed by atoms with E-state index in [0.29, 0.717) is 68.9 Å². The fourth-order valence-electron chi connectivity index (χ4n) is 8.26. The van der Waals surface area contributed by atoms with Gasteiger partial charge in [0.05, 0.1) is 30.1 Å². The van der Waals surface area contributed by atoms with Crippen LogP contribution in [0.5, 0.6) is 11.5 Å². The van der Waals surface area contributed by atoms with E-state index in [2.05, 4.69) is 67.1 Å². The van der Waals surface area contributed by atoms with Gasteiger partial charge in [0, 0.05) is 86.8 Å². The van der Waals surface area contributed by atoms with Gasteiger partial charge in [0.2, 0.25) is 0 Å². The van der Waals surface area contributed by atoms with Crippen molar-refractivity contribution in [2.75, 3.05) is 72.0 Å². The minimum atomic E-state index is -3.44. The van der Waals surface area contributed by atoms with E-state index >= 15 is 0 Å². The number of aromatic nitrogens is 3. The molecular formula is C46H56BrN7O6S. The molecule has 6 aromatic rings. The number of anilines is 1. The van der Waals surface area contributed by atoms with Crippen LogP contribution >= 0.6 is 15.9 Å². The molecule has 4 aromatic carbocycles. The van der Waals surface area contributed by atoms with Crippen LogP contribution in [0.25, 0.3) is 32.8 Å². The third kappa shape index (κ3) is 9.46. The van der Waals surface area contributed by atoms with Crippen LogP contribution in [-0.4, -0.2) is 104 Å². The van der Waals surface area contributed by atoms with Crippen LogP contribution in [0.1, 0.15) is 47.2 Å². The number of nitrogens with one attached hydrogen (secondary N) is 1. The third-order valence-electron chi connectivity index (χ3n) is 11.3. The molecule has 0 radical (unpaired) electrons. The molecule has 0 amide bonds. The highest BCUT2D eigenvalue weighted by Gasteiger charge is 2.30. The van der Waals surface area contributed by atoms with Crippen molar-refractivity contribution in [3.05, 3.63) is 108 Å². The molecule has 61 heavy (non-hydrogen) atoms. The summed E-state index contributed by atoms with van der Waals surface area (Å²) in [6.45, 7) is 6.29. The maximum atomic E-state index is 14.0. The Bertz CT molecular complexity index is 2560. The zero-order valence-electron chi connectivity index (χ0n) is 35.7. The summed E-state index contributed by atoms with van der Waals surface area (Å²) in [6, 6.07) is 28.5. The van der Waals surface area contributed by atoms with Crippen molar-refractivity contribution in [2.45, 2.75) is 44.7 Å². The van der Waals surface area contributed by atoms with Gasteiger partial charge in [-0.1, -0.05) is 70.5 Å². The van der Waals surface area contributed by atoms with Crippen molar-refractivity contribution < 1.29 is 27.4 Å². The molecular weight excluding hydrogens is 859 g/mol. The Morgan fingerprint density at radius 3 is 2.34 bits per heavy atom. The first-order valence-electron chi connectivity index (χ1n) is 20.9. The second-order valence-electron chi connectivity index (χ2n) is 15.3. The van der Waals surface area contributed by atoms with E-state index in [1.54, 1.807) is 14.1 Å². The van der Waals surface area contributed by atoms with Gasteiger partial charge in [0.15, 0.2) is 0 Å². The summed E-state index contributed by atoms with van der Waals surface area (Å²) in [7, 11) is 3.55. The highest BCUT2D eigenvalue weighted by Crippen LogP contribution is 2.40. The highest BCUT2D eigenvalue weighted by molar-refractivity contribution is 9.08. The van der Waals surface area contributed by atoms with Crippen LogP contribution in [0.4, 0.5) is 5.69 Å². The van der Waals surface area contributed by atoms with Gasteiger partial charge < -0.3 is 29.0 Å². The molecule has 0 bridgehead atoms. The monoisotopic (exact) mass is 913 g/mol. The van der Waals surface area contributed by atoms with Crippen LogP contribution in [0, 0.1) is 0 Å². The molecule has 2 aromatic heterocycles. The number of piperazine rings is 1. The number of hydrogen-bond acceptors (Lipinski definition) is 9. The number of hydrogen-bond donors (Lipinski definition) is 1. The van der Waals surface area contributed by atoms with E-state index < -0.39 is 10.2 Å². The van der Waals surface area contributed by atoms with Crippen molar-refractivity contribution in [2.24, 2.45) is 7.05 Å². The van der Waals surface area contributed by atoms with E-state index in [4.69, 9.17) is 19.3 Å². The Labute approximate surface area is 367 Å². The first kappa shape index (κ1) is 44.1. The van der Waals surface area contributed by atoms with Gasteiger partial charge in [0.1, 0.15) is 23.8 Å². The van der Waals surface area contributed by atoms with Gasteiger partial charge in [-0.25, -0.2) is 4.79 Å². The molecule has 0 saturated carbocycles. The van der Waals surface area contributed by atoms with Gasteiger partial charge in [-0.15, -0.1) is 0 Å². The maximum Gasteiger partial charge on any atom is 0.355 e. The third-order valence-corrected chi connectivity index (χ3v) is 13.8. The second kappa shape index (κ2) is 19.8. The fraction of sp³-hybridized carbons (Fsp3) is 0.391. The van der Waals surface area contributed by atoms with E-state index in [9.17, 15) is 13.2 Å². The van der Waals surface area contributed by atoms with Crippen LogP contribution < -0.4 is 19.7 Å². The smallest absolute Gasteiger partial charge is 0.355 e. The Morgan fingerprint density at radius 1 is 0.902 bits per heavy atom. The van der Waals surface area contributed by atoms with Gasteiger partial charge in [-0.2, -0.15) is 22.1 Å².